The van der Waals surface area contributed by atoms with Gasteiger partial charge in [-0.1, -0.05) is 23.7 Å². The zero-order valence-corrected chi connectivity index (χ0v) is 15.3. The van der Waals surface area contributed by atoms with Crippen molar-refractivity contribution in [3.63, 3.8) is 0 Å². The van der Waals surface area contributed by atoms with Crippen molar-refractivity contribution in [3.8, 4) is 0 Å². The number of benzene rings is 1. The second-order valence-electron chi connectivity index (χ2n) is 6.50. The number of pyridine rings is 1. The van der Waals surface area contributed by atoms with Gasteiger partial charge in [0, 0.05) is 25.3 Å². The summed E-state index contributed by atoms with van der Waals surface area (Å²) in [6.45, 7) is 3.39. The Bertz CT molecular complexity index is 946. The number of carbonyl (C=O) groups is 1. The maximum Gasteiger partial charge on any atom is 0.321 e. The van der Waals surface area contributed by atoms with Gasteiger partial charge in [0.25, 0.3) is 0 Å². The number of urea groups is 1. The highest BCUT2D eigenvalue weighted by molar-refractivity contribution is 6.33. The molecule has 26 heavy (non-hydrogen) atoms. The molecule has 4 rings (SSSR count). The van der Waals surface area contributed by atoms with Gasteiger partial charge in [0.05, 0.1) is 10.7 Å². The molecular formula is C19H20ClN5O. The van der Waals surface area contributed by atoms with Gasteiger partial charge in [-0.05, 0) is 44.0 Å². The van der Waals surface area contributed by atoms with Gasteiger partial charge in [-0.3, -0.25) is 0 Å². The number of para-hydroxylation sites is 1. The maximum atomic E-state index is 12.5. The lowest BCUT2D eigenvalue weighted by molar-refractivity contribution is 0.184. The molecule has 6 nitrogen and oxygen atoms in total. The van der Waals surface area contributed by atoms with E-state index in [0.717, 1.165) is 29.8 Å². The first-order valence-corrected chi connectivity index (χ1v) is 9.11. The number of piperidine rings is 1. The highest BCUT2D eigenvalue weighted by Crippen LogP contribution is 2.28. The van der Waals surface area contributed by atoms with E-state index in [9.17, 15) is 4.79 Å². The van der Waals surface area contributed by atoms with E-state index >= 15 is 0 Å². The number of nitrogens with zero attached hydrogens (tertiary/aromatic N) is 4. The maximum absolute atomic E-state index is 12.5. The molecule has 0 spiro atoms. The molecule has 0 saturated carbocycles. The summed E-state index contributed by atoms with van der Waals surface area (Å²) in [6.07, 6.45) is 3.55. The van der Waals surface area contributed by atoms with Crippen molar-refractivity contribution in [2.45, 2.75) is 25.8 Å². The largest absolute Gasteiger partial charge is 0.324 e. The Balaban J connectivity index is 1.45. The number of carbonyl (C=O) groups excluding carboxylic acids is 1. The van der Waals surface area contributed by atoms with Crippen LogP contribution in [0.2, 0.25) is 5.02 Å². The number of nitrogens with one attached hydrogen (secondary N) is 1. The van der Waals surface area contributed by atoms with Gasteiger partial charge >= 0.3 is 6.03 Å². The first-order chi connectivity index (χ1) is 12.6. The zero-order valence-electron chi connectivity index (χ0n) is 14.5. The van der Waals surface area contributed by atoms with Crippen LogP contribution in [0.15, 0.2) is 42.6 Å². The van der Waals surface area contributed by atoms with Crippen LogP contribution in [-0.4, -0.2) is 38.6 Å². The molecular weight excluding hydrogens is 350 g/mol. The number of anilines is 1. The Morgan fingerprint density at radius 1 is 1.19 bits per heavy atom. The molecule has 3 aromatic rings. The zero-order chi connectivity index (χ0) is 18.1. The lowest BCUT2D eigenvalue weighted by Crippen LogP contribution is -2.41. The van der Waals surface area contributed by atoms with E-state index in [2.05, 4.69) is 19.9 Å². The van der Waals surface area contributed by atoms with E-state index in [1.165, 1.54) is 0 Å². The third kappa shape index (κ3) is 3.12. The lowest BCUT2D eigenvalue weighted by atomic mass is 10.0. The number of amides is 2. The fraction of sp³-hybridized carbons (Fsp3) is 0.316. The van der Waals surface area contributed by atoms with Crippen LogP contribution in [-0.2, 0) is 0 Å². The van der Waals surface area contributed by atoms with Crippen molar-refractivity contribution in [1.82, 2.24) is 19.4 Å². The van der Waals surface area contributed by atoms with E-state index in [-0.39, 0.29) is 6.03 Å². The van der Waals surface area contributed by atoms with Crippen LogP contribution >= 0.6 is 11.6 Å². The predicted octanol–water partition coefficient (Wildman–Crippen LogP) is 4.26. The number of aromatic nitrogens is 3. The minimum absolute atomic E-state index is 0.109. The smallest absolute Gasteiger partial charge is 0.321 e. The standard InChI is InChI=1S/C19H20ClN5O/c1-13-22-17-7-4-10-21-18(17)25(13)14-8-11-24(12-9-14)19(26)23-16-6-3-2-5-15(16)20/h2-7,10,14H,8-9,11-12H2,1H3,(H,23,26). The van der Waals surface area contributed by atoms with Gasteiger partial charge in [-0.15, -0.1) is 0 Å². The molecule has 3 heterocycles. The molecule has 2 amide bonds. The summed E-state index contributed by atoms with van der Waals surface area (Å²) in [4.78, 5) is 23.4. The molecule has 0 bridgehead atoms. The minimum Gasteiger partial charge on any atom is -0.324 e. The molecule has 0 radical (unpaired) electrons. The van der Waals surface area contributed by atoms with Crippen molar-refractivity contribution in [1.29, 1.82) is 0 Å². The SMILES string of the molecule is Cc1nc2cccnc2n1C1CCN(C(=O)Nc2ccccc2Cl)CC1. The number of halogens is 1. The predicted molar refractivity (Wildman–Crippen MR) is 103 cm³/mol. The highest BCUT2D eigenvalue weighted by Gasteiger charge is 2.26. The van der Waals surface area contributed by atoms with Crippen molar-refractivity contribution < 1.29 is 4.79 Å². The van der Waals surface area contributed by atoms with E-state index in [1.54, 1.807) is 18.3 Å². The van der Waals surface area contributed by atoms with Crippen molar-refractivity contribution in [3.05, 3.63) is 53.4 Å². The fourth-order valence-corrected chi connectivity index (χ4v) is 3.75. The van der Waals surface area contributed by atoms with Crippen molar-refractivity contribution in [2.24, 2.45) is 0 Å². The summed E-state index contributed by atoms with van der Waals surface area (Å²) in [5.74, 6) is 0.970. The Kier molecular flexibility index (Phi) is 4.51. The van der Waals surface area contributed by atoms with Crippen LogP contribution in [0.4, 0.5) is 10.5 Å². The van der Waals surface area contributed by atoms with Crippen LogP contribution < -0.4 is 5.32 Å². The lowest BCUT2D eigenvalue weighted by Gasteiger charge is -2.33. The van der Waals surface area contributed by atoms with Gasteiger partial charge in [0.2, 0.25) is 0 Å². The van der Waals surface area contributed by atoms with Gasteiger partial charge < -0.3 is 14.8 Å². The summed E-state index contributed by atoms with van der Waals surface area (Å²) in [5.41, 5.74) is 2.48. The van der Waals surface area contributed by atoms with Crippen LogP contribution in [0.5, 0.6) is 0 Å². The second kappa shape index (κ2) is 6.96. The van der Waals surface area contributed by atoms with Gasteiger partial charge in [-0.2, -0.15) is 0 Å². The molecule has 1 aliphatic heterocycles. The fourth-order valence-electron chi connectivity index (χ4n) is 3.56. The van der Waals surface area contributed by atoms with Gasteiger partial charge in [0.1, 0.15) is 11.3 Å². The van der Waals surface area contributed by atoms with Crippen LogP contribution in [0.1, 0.15) is 24.7 Å². The van der Waals surface area contributed by atoms with E-state index in [4.69, 9.17) is 11.6 Å². The Hall–Kier alpha value is -2.60. The molecule has 1 fully saturated rings. The summed E-state index contributed by atoms with van der Waals surface area (Å²) >= 11 is 6.12. The first-order valence-electron chi connectivity index (χ1n) is 8.73. The molecule has 0 unspecified atom stereocenters. The molecule has 1 aliphatic rings. The number of fused-ring (bicyclic) bond motifs is 1. The number of rotatable bonds is 2. The minimum atomic E-state index is -0.109. The molecule has 0 aliphatic carbocycles. The first kappa shape index (κ1) is 16.8. The molecule has 7 heteroatoms. The van der Waals surface area contributed by atoms with E-state index in [0.29, 0.717) is 29.8 Å². The van der Waals surface area contributed by atoms with E-state index < -0.39 is 0 Å². The number of hydrogen-bond donors (Lipinski definition) is 1. The van der Waals surface area contributed by atoms with Crippen molar-refractivity contribution >= 4 is 34.5 Å². The summed E-state index contributed by atoms with van der Waals surface area (Å²) in [5, 5.41) is 3.44. The monoisotopic (exact) mass is 369 g/mol. The quantitative estimate of drug-likeness (QED) is 0.734. The normalized spacial score (nSPS) is 15.4. The number of imidazole rings is 1. The Morgan fingerprint density at radius 2 is 1.96 bits per heavy atom. The third-order valence-electron chi connectivity index (χ3n) is 4.86. The Morgan fingerprint density at radius 3 is 2.73 bits per heavy atom. The van der Waals surface area contributed by atoms with E-state index in [1.807, 2.05) is 36.1 Å². The molecule has 0 atom stereocenters. The highest BCUT2D eigenvalue weighted by atomic mass is 35.5. The number of hydrogen-bond acceptors (Lipinski definition) is 3. The number of aryl methyl sites for hydroxylation is 1. The summed E-state index contributed by atoms with van der Waals surface area (Å²) in [6, 6.07) is 11.4. The number of likely N-dealkylation sites (tertiary alicyclic amines) is 1. The summed E-state index contributed by atoms with van der Waals surface area (Å²) in [7, 11) is 0. The van der Waals surface area contributed by atoms with Crippen LogP contribution in [0, 0.1) is 6.92 Å². The molecule has 1 N–H and O–H groups in total. The third-order valence-corrected chi connectivity index (χ3v) is 5.19. The average molecular weight is 370 g/mol. The summed E-state index contributed by atoms with van der Waals surface area (Å²) < 4.78 is 2.21. The van der Waals surface area contributed by atoms with Crippen LogP contribution in [0.3, 0.4) is 0 Å². The Labute approximate surface area is 156 Å². The van der Waals surface area contributed by atoms with Gasteiger partial charge in [0.15, 0.2) is 5.65 Å². The molecule has 1 aromatic carbocycles. The molecule has 1 saturated heterocycles. The average Bonchev–Trinajstić information content (AvgIpc) is 2.99. The topological polar surface area (TPSA) is 63.1 Å². The van der Waals surface area contributed by atoms with Gasteiger partial charge in [-0.25, -0.2) is 14.8 Å². The van der Waals surface area contributed by atoms with Crippen molar-refractivity contribution in [2.75, 3.05) is 18.4 Å². The molecule has 134 valence electrons. The van der Waals surface area contributed by atoms with Crippen LogP contribution in [0.25, 0.3) is 11.2 Å². The molecule has 2 aromatic heterocycles. The second-order valence-corrected chi connectivity index (χ2v) is 6.91.